The van der Waals surface area contributed by atoms with E-state index in [1.807, 2.05) is 30.8 Å². The lowest BCUT2D eigenvalue weighted by Gasteiger charge is -2.28. The van der Waals surface area contributed by atoms with Crippen LogP contribution in [-0.2, 0) is 17.9 Å². The van der Waals surface area contributed by atoms with Gasteiger partial charge in [-0.15, -0.1) is 0 Å². The van der Waals surface area contributed by atoms with Crippen LogP contribution in [0.25, 0.3) is 0 Å². The molecule has 122 valence electrons. The summed E-state index contributed by atoms with van der Waals surface area (Å²) in [6, 6.07) is 6.13. The Hall–Kier alpha value is -1.65. The Kier molecular flexibility index (Phi) is 4.19. The summed E-state index contributed by atoms with van der Waals surface area (Å²) in [4.78, 5) is 6.63. The van der Waals surface area contributed by atoms with E-state index < -0.39 is 0 Å². The lowest BCUT2D eigenvalue weighted by atomic mass is 9.81. The Morgan fingerprint density at radius 1 is 1.26 bits per heavy atom. The van der Waals surface area contributed by atoms with Crippen molar-refractivity contribution in [2.24, 2.45) is 11.3 Å². The molecule has 1 aliphatic heterocycles. The van der Waals surface area contributed by atoms with Crippen molar-refractivity contribution < 1.29 is 9.15 Å². The number of likely N-dealkylation sites (tertiary alicyclic amines) is 1. The number of aromatic nitrogens is 1. The molecule has 2 atom stereocenters. The fourth-order valence-corrected chi connectivity index (χ4v) is 4.37. The zero-order valence-electron chi connectivity index (χ0n) is 13.5. The first-order chi connectivity index (χ1) is 11.3. The average molecular weight is 312 g/mol. The maximum atomic E-state index is 6.12. The fraction of sp³-hybridized carbons (Fsp3) is 0.526. The van der Waals surface area contributed by atoms with Gasteiger partial charge in [0.2, 0.25) is 0 Å². The topological polar surface area (TPSA) is 38.5 Å². The molecular formula is C19H24N2O2. The monoisotopic (exact) mass is 312 g/mol. The highest BCUT2D eigenvalue weighted by Gasteiger charge is 2.49. The minimum Gasteiger partial charge on any atom is -0.472 e. The molecule has 2 aromatic heterocycles. The Morgan fingerprint density at radius 3 is 3.00 bits per heavy atom. The van der Waals surface area contributed by atoms with Gasteiger partial charge in [0.1, 0.15) is 0 Å². The Labute approximate surface area is 137 Å². The maximum absolute atomic E-state index is 6.12. The molecule has 4 rings (SSSR count). The molecule has 0 bridgehead atoms. The van der Waals surface area contributed by atoms with Gasteiger partial charge < -0.3 is 9.15 Å². The van der Waals surface area contributed by atoms with Gasteiger partial charge in [0.05, 0.1) is 25.7 Å². The Morgan fingerprint density at radius 2 is 2.17 bits per heavy atom. The van der Waals surface area contributed by atoms with Gasteiger partial charge in [-0.25, -0.2) is 0 Å². The van der Waals surface area contributed by atoms with Gasteiger partial charge in [0.15, 0.2) is 0 Å². The van der Waals surface area contributed by atoms with Crippen molar-refractivity contribution in [1.82, 2.24) is 9.88 Å². The van der Waals surface area contributed by atoms with Gasteiger partial charge in [-0.05, 0) is 42.5 Å². The first kappa shape index (κ1) is 14.9. The molecule has 1 saturated carbocycles. The van der Waals surface area contributed by atoms with E-state index in [0.29, 0.717) is 12.0 Å². The van der Waals surface area contributed by atoms with Crippen LogP contribution in [0.3, 0.4) is 0 Å². The van der Waals surface area contributed by atoms with Crippen LogP contribution < -0.4 is 0 Å². The van der Waals surface area contributed by atoms with Gasteiger partial charge in [0.25, 0.3) is 0 Å². The molecular weight excluding hydrogens is 288 g/mol. The molecule has 0 N–H and O–H groups in total. The molecule has 1 saturated heterocycles. The van der Waals surface area contributed by atoms with Crippen molar-refractivity contribution in [1.29, 1.82) is 0 Å². The minimum absolute atomic E-state index is 0.358. The lowest BCUT2D eigenvalue weighted by Crippen LogP contribution is -2.32. The van der Waals surface area contributed by atoms with Gasteiger partial charge in [-0.1, -0.05) is 6.42 Å². The van der Waals surface area contributed by atoms with Crippen molar-refractivity contribution in [3.05, 3.63) is 54.2 Å². The van der Waals surface area contributed by atoms with E-state index in [4.69, 9.17) is 9.15 Å². The molecule has 0 unspecified atom stereocenters. The van der Waals surface area contributed by atoms with E-state index >= 15 is 0 Å². The number of rotatable bonds is 6. The molecule has 0 spiro atoms. The largest absolute Gasteiger partial charge is 0.472 e. The quantitative estimate of drug-likeness (QED) is 0.818. The summed E-state index contributed by atoms with van der Waals surface area (Å²) in [6.45, 7) is 4.92. The van der Waals surface area contributed by atoms with Crippen LogP contribution in [0.4, 0.5) is 0 Å². The zero-order chi connectivity index (χ0) is 15.5. The molecule has 0 aromatic carbocycles. The van der Waals surface area contributed by atoms with Crippen LogP contribution in [0, 0.1) is 11.3 Å². The summed E-state index contributed by atoms with van der Waals surface area (Å²) in [6.07, 6.45) is 11.3. The first-order valence-electron chi connectivity index (χ1n) is 8.54. The second-order valence-electron chi connectivity index (χ2n) is 7.10. The van der Waals surface area contributed by atoms with Crippen LogP contribution in [0.1, 0.15) is 30.4 Å². The number of nitrogens with zero attached hydrogens (tertiary/aromatic N) is 2. The standard InChI is InChI=1S/C19H24N2O2/c1-2-18-11-21(10-17-5-9-22-13-17)14-19(18,6-1)15-23-12-16-3-7-20-8-4-16/h3-5,7-9,13,18H,1-2,6,10-12,14-15H2/t18-,19+/m1/s1. The molecule has 3 heterocycles. The van der Waals surface area contributed by atoms with Crippen molar-refractivity contribution in [3.8, 4) is 0 Å². The SMILES string of the molecule is c1cc(COC[C@@]23CCC[C@@H]2CN(Cc2ccoc2)C3)ccn1. The van der Waals surface area contributed by atoms with Gasteiger partial charge in [-0.2, -0.15) is 0 Å². The summed E-state index contributed by atoms with van der Waals surface area (Å²) in [5, 5.41) is 0. The maximum Gasteiger partial charge on any atom is 0.0947 e. The number of pyridine rings is 1. The number of furan rings is 1. The summed E-state index contributed by atoms with van der Waals surface area (Å²) >= 11 is 0. The molecule has 2 fully saturated rings. The van der Waals surface area contributed by atoms with Gasteiger partial charge >= 0.3 is 0 Å². The zero-order valence-corrected chi connectivity index (χ0v) is 13.5. The smallest absolute Gasteiger partial charge is 0.0947 e. The van der Waals surface area contributed by atoms with E-state index in [1.165, 1.54) is 36.9 Å². The molecule has 2 aliphatic rings. The van der Waals surface area contributed by atoms with Crippen molar-refractivity contribution in [2.45, 2.75) is 32.4 Å². The van der Waals surface area contributed by atoms with Crippen LogP contribution in [0.15, 0.2) is 47.5 Å². The van der Waals surface area contributed by atoms with Crippen molar-refractivity contribution in [2.75, 3.05) is 19.7 Å². The minimum atomic E-state index is 0.358. The van der Waals surface area contributed by atoms with Crippen LogP contribution in [0.5, 0.6) is 0 Å². The van der Waals surface area contributed by atoms with Crippen LogP contribution in [-0.4, -0.2) is 29.6 Å². The van der Waals surface area contributed by atoms with Gasteiger partial charge in [-0.3, -0.25) is 9.88 Å². The molecule has 23 heavy (non-hydrogen) atoms. The third-order valence-corrected chi connectivity index (χ3v) is 5.50. The molecule has 4 nitrogen and oxygen atoms in total. The molecule has 0 amide bonds. The predicted molar refractivity (Wildman–Crippen MR) is 87.7 cm³/mol. The number of hydrogen-bond donors (Lipinski definition) is 0. The van der Waals surface area contributed by atoms with E-state index in [2.05, 4.69) is 16.0 Å². The third-order valence-electron chi connectivity index (χ3n) is 5.50. The van der Waals surface area contributed by atoms with Crippen LogP contribution in [0.2, 0.25) is 0 Å². The highest BCUT2D eigenvalue weighted by Crippen LogP contribution is 2.49. The van der Waals surface area contributed by atoms with Crippen LogP contribution >= 0.6 is 0 Å². The first-order valence-corrected chi connectivity index (χ1v) is 8.54. The normalized spacial score (nSPS) is 27.4. The average Bonchev–Trinajstić information content (AvgIpc) is 3.25. The van der Waals surface area contributed by atoms with E-state index in [0.717, 1.165) is 25.6 Å². The molecule has 0 radical (unpaired) electrons. The fourth-order valence-electron chi connectivity index (χ4n) is 4.37. The summed E-state index contributed by atoms with van der Waals surface area (Å²) < 4.78 is 11.3. The van der Waals surface area contributed by atoms with E-state index in [-0.39, 0.29) is 0 Å². The highest BCUT2D eigenvalue weighted by molar-refractivity contribution is 5.09. The Balaban J connectivity index is 1.35. The molecule has 1 aliphatic carbocycles. The number of fused-ring (bicyclic) bond motifs is 1. The molecule has 4 heteroatoms. The van der Waals surface area contributed by atoms with Crippen molar-refractivity contribution in [3.63, 3.8) is 0 Å². The second-order valence-corrected chi connectivity index (χ2v) is 7.10. The number of hydrogen-bond acceptors (Lipinski definition) is 4. The lowest BCUT2D eigenvalue weighted by molar-refractivity contribution is 0.0266. The second kappa shape index (κ2) is 6.46. The number of ether oxygens (including phenoxy) is 1. The van der Waals surface area contributed by atoms with Gasteiger partial charge in [0, 0.05) is 43.0 Å². The highest BCUT2D eigenvalue weighted by atomic mass is 16.5. The molecule has 2 aromatic rings. The van der Waals surface area contributed by atoms with Crippen molar-refractivity contribution >= 4 is 0 Å². The summed E-state index contributed by atoms with van der Waals surface area (Å²) in [5.74, 6) is 0.784. The van der Waals surface area contributed by atoms with E-state index in [1.54, 1.807) is 6.26 Å². The summed E-state index contributed by atoms with van der Waals surface area (Å²) in [5.41, 5.74) is 2.84. The summed E-state index contributed by atoms with van der Waals surface area (Å²) in [7, 11) is 0. The Bertz CT molecular complexity index is 614. The predicted octanol–water partition coefficient (Wildman–Crippen LogP) is 3.49. The third kappa shape index (κ3) is 3.19. The van der Waals surface area contributed by atoms with E-state index in [9.17, 15) is 0 Å².